The normalized spacial score (nSPS) is 17.0. The van der Waals surface area contributed by atoms with E-state index in [2.05, 4.69) is 30.3 Å². The Labute approximate surface area is 162 Å². The minimum absolute atomic E-state index is 0.0411. The third-order valence-electron chi connectivity index (χ3n) is 4.71. The van der Waals surface area contributed by atoms with Gasteiger partial charge < -0.3 is 10.2 Å². The Morgan fingerprint density at radius 2 is 2.22 bits per heavy atom. The summed E-state index contributed by atoms with van der Waals surface area (Å²) in [6.45, 7) is 2.12. The summed E-state index contributed by atoms with van der Waals surface area (Å²) in [6, 6.07) is 12.1. The molecule has 4 rings (SSSR count). The second-order valence-electron chi connectivity index (χ2n) is 6.80. The van der Waals surface area contributed by atoms with Gasteiger partial charge in [0.05, 0.1) is 16.8 Å². The van der Waals surface area contributed by atoms with Crippen LogP contribution in [0.4, 0.5) is 10.9 Å². The van der Waals surface area contributed by atoms with Gasteiger partial charge in [-0.1, -0.05) is 23.5 Å². The Morgan fingerprint density at radius 3 is 3.04 bits per heavy atom. The molecule has 8 heteroatoms. The van der Waals surface area contributed by atoms with Crippen LogP contribution in [0.5, 0.6) is 0 Å². The van der Waals surface area contributed by atoms with Crippen molar-refractivity contribution in [3.63, 3.8) is 0 Å². The highest BCUT2D eigenvalue weighted by molar-refractivity contribution is 7.22. The van der Waals surface area contributed by atoms with Crippen molar-refractivity contribution in [1.82, 2.24) is 20.1 Å². The molecule has 1 saturated heterocycles. The number of nitrogens with one attached hydrogen (secondary N) is 1. The molecule has 27 heavy (non-hydrogen) atoms. The van der Waals surface area contributed by atoms with Crippen LogP contribution >= 0.6 is 11.3 Å². The number of hydrogen-bond donors (Lipinski definition) is 1. The number of para-hydroxylation sites is 1. The number of carbonyl (C=O) groups is 1. The zero-order chi connectivity index (χ0) is 18.6. The maximum atomic E-state index is 12.4. The number of hydrogen-bond acceptors (Lipinski definition) is 7. The van der Waals surface area contributed by atoms with E-state index in [4.69, 9.17) is 0 Å². The SMILES string of the molecule is CN(CC(=O)Nc1nc2ccccc2s1)CC1CCCN1c1cccnn1. The van der Waals surface area contributed by atoms with Gasteiger partial charge in [-0.25, -0.2) is 4.98 Å². The van der Waals surface area contributed by atoms with Crippen LogP contribution in [0.3, 0.4) is 0 Å². The zero-order valence-electron chi connectivity index (χ0n) is 15.2. The Balaban J connectivity index is 1.33. The lowest BCUT2D eigenvalue weighted by Gasteiger charge is -2.28. The summed E-state index contributed by atoms with van der Waals surface area (Å²) in [5.41, 5.74) is 0.914. The van der Waals surface area contributed by atoms with Crippen molar-refractivity contribution in [2.45, 2.75) is 18.9 Å². The number of thiazole rings is 1. The highest BCUT2D eigenvalue weighted by atomic mass is 32.1. The van der Waals surface area contributed by atoms with Crippen LogP contribution < -0.4 is 10.2 Å². The molecule has 1 N–H and O–H groups in total. The molecular weight excluding hydrogens is 360 g/mol. The molecule has 1 fully saturated rings. The molecule has 1 aliphatic heterocycles. The topological polar surface area (TPSA) is 74.2 Å². The van der Waals surface area contributed by atoms with E-state index >= 15 is 0 Å². The van der Waals surface area contributed by atoms with Gasteiger partial charge in [0, 0.05) is 25.3 Å². The molecule has 1 amide bonds. The number of fused-ring (bicyclic) bond motifs is 1. The molecule has 0 radical (unpaired) electrons. The van der Waals surface area contributed by atoms with Gasteiger partial charge in [0.2, 0.25) is 5.91 Å². The van der Waals surface area contributed by atoms with Crippen molar-refractivity contribution in [2.24, 2.45) is 0 Å². The van der Waals surface area contributed by atoms with Crippen LogP contribution in [0, 0.1) is 0 Å². The maximum absolute atomic E-state index is 12.4. The molecule has 1 aliphatic rings. The minimum Gasteiger partial charge on any atom is -0.351 e. The molecule has 0 saturated carbocycles. The summed E-state index contributed by atoms with van der Waals surface area (Å²) < 4.78 is 1.08. The predicted molar refractivity (Wildman–Crippen MR) is 108 cm³/mol. The van der Waals surface area contributed by atoms with Crippen molar-refractivity contribution in [3.05, 3.63) is 42.6 Å². The van der Waals surface area contributed by atoms with E-state index in [-0.39, 0.29) is 5.91 Å². The van der Waals surface area contributed by atoms with Crippen LogP contribution in [0.2, 0.25) is 0 Å². The number of carbonyl (C=O) groups excluding carboxylic acids is 1. The van der Waals surface area contributed by atoms with Gasteiger partial charge >= 0.3 is 0 Å². The van der Waals surface area contributed by atoms with Gasteiger partial charge in [-0.15, -0.1) is 5.10 Å². The van der Waals surface area contributed by atoms with E-state index in [9.17, 15) is 4.79 Å². The third-order valence-corrected chi connectivity index (χ3v) is 5.66. The number of rotatable bonds is 6. The van der Waals surface area contributed by atoms with Gasteiger partial charge in [-0.2, -0.15) is 5.10 Å². The second kappa shape index (κ2) is 7.98. The lowest BCUT2D eigenvalue weighted by molar-refractivity contribution is -0.117. The highest BCUT2D eigenvalue weighted by Gasteiger charge is 2.27. The summed E-state index contributed by atoms with van der Waals surface area (Å²) in [7, 11) is 1.98. The maximum Gasteiger partial charge on any atom is 0.240 e. The first kappa shape index (κ1) is 17.8. The number of aromatic nitrogens is 3. The van der Waals surface area contributed by atoms with E-state index in [1.165, 1.54) is 11.3 Å². The molecule has 140 valence electrons. The highest BCUT2D eigenvalue weighted by Crippen LogP contribution is 2.26. The Kier molecular flexibility index (Phi) is 5.26. The first-order valence-corrected chi connectivity index (χ1v) is 9.89. The van der Waals surface area contributed by atoms with Crippen LogP contribution in [0.15, 0.2) is 42.6 Å². The quantitative estimate of drug-likeness (QED) is 0.706. The van der Waals surface area contributed by atoms with Crippen LogP contribution in [-0.2, 0) is 4.79 Å². The lowest BCUT2D eigenvalue weighted by atomic mass is 10.2. The van der Waals surface area contributed by atoms with Crippen LogP contribution in [0.25, 0.3) is 10.2 Å². The van der Waals surface area contributed by atoms with Crippen molar-refractivity contribution in [2.75, 3.05) is 36.9 Å². The average molecular weight is 382 g/mol. The van der Waals surface area contributed by atoms with Crippen LogP contribution in [-0.4, -0.2) is 58.7 Å². The number of nitrogens with zero attached hydrogens (tertiary/aromatic N) is 5. The van der Waals surface area contributed by atoms with Crippen molar-refractivity contribution >= 4 is 38.4 Å². The summed E-state index contributed by atoms with van der Waals surface area (Å²) in [5.74, 6) is 0.868. The van der Waals surface area contributed by atoms with Gasteiger partial charge in [0.25, 0.3) is 0 Å². The van der Waals surface area contributed by atoms with Gasteiger partial charge in [-0.3, -0.25) is 9.69 Å². The predicted octanol–water partition coefficient (Wildman–Crippen LogP) is 2.63. The summed E-state index contributed by atoms with van der Waals surface area (Å²) in [6.07, 6.45) is 3.92. The van der Waals surface area contributed by atoms with Crippen molar-refractivity contribution < 1.29 is 4.79 Å². The molecule has 0 aliphatic carbocycles. The molecule has 2 aromatic heterocycles. The largest absolute Gasteiger partial charge is 0.351 e. The summed E-state index contributed by atoms with van der Waals surface area (Å²) in [5, 5.41) is 11.8. The number of amides is 1. The number of benzene rings is 1. The Hall–Kier alpha value is -2.58. The Morgan fingerprint density at radius 1 is 1.33 bits per heavy atom. The van der Waals surface area contributed by atoms with E-state index in [0.717, 1.165) is 42.0 Å². The van der Waals surface area contributed by atoms with Gasteiger partial charge in [0.15, 0.2) is 10.9 Å². The first-order chi connectivity index (χ1) is 13.2. The van der Waals surface area contributed by atoms with E-state index < -0.39 is 0 Å². The molecule has 1 atom stereocenters. The first-order valence-electron chi connectivity index (χ1n) is 9.07. The van der Waals surface area contributed by atoms with E-state index in [1.807, 2.05) is 43.4 Å². The molecule has 0 bridgehead atoms. The molecule has 0 spiro atoms. The van der Waals surface area contributed by atoms with Gasteiger partial charge in [0.1, 0.15) is 0 Å². The summed E-state index contributed by atoms with van der Waals surface area (Å²) in [4.78, 5) is 21.2. The standard InChI is InChI=1S/C19H22N6OS/c1-24(12-14-6-5-11-25(14)17-9-4-10-20-23-17)13-18(26)22-19-21-15-7-2-3-8-16(15)27-19/h2-4,7-10,14H,5-6,11-13H2,1H3,(H,21,22,26). The third kappa shape index (κ3) is 4.23. The fourth-order valence-corrected chi connectivity index (χ4v) is 4.41. The molecule has 1 aromatic carbocycles. The summed E-state index contributed by atoms with van der Waals surface area (Å²) >= 11 is 1.50. The molecular formula is C19H22N6OS. The van der Waals surface area contributed by atoms with Crippen molar-refractivity contribution in [3.8, 4) is 0 Å². The van der Waals surface area contributed by atoms with Crippen LogP contribution in [0.1, 0.15) is 12.8 Å². The minimum atomic E-state index is -0.0411. The average Bonchev–Trinajstić information content (AvgIpc) is 3.28. The van der Waals surface area contributed by atoms with Gasteiger partial charge in [-0.05, 0) is 44.2 Å². The van der Waals surface area contributed by atoms with Crippen molar-refractivity contribution in [1.29, 1.82) is 0 Å². The monoisotopic (exact) mass is 382 g/mol. The fraction of sp³-hybridized carbons (Fsp3) is 0.368. The molecule has 1 unspecified atom stereocenters. The van der Waals surface area contributed by atoms with E-state index in [1.54, 1.807) is 6.20 Å². The lowest BCUT2D eigenvalue weighted by Crippen LogP contribution is -2.42. The van der Waals surface area contributed by atoms with E-state index in [0.29, 0.717) is 17.7 Å². The zero-order valence-corrected chi connectivity index (χ0v) is 16.0. The number of likely N-dealkylation sites (N-methyl/N-ethyl adjacent to an activating group) is 1. The fourth-order valence-electron chi connectivity index (χ4n) is 3.53. The molecule has 3 heterocycles. The smallest absolute Gasteiger partial charge is 0.240 e. The molecule has 3 aromatic rings. The number of anilines is 2. The second-order valence-corrected chi connectivity index (χ2v) is 7.83. The Bertz CT molecular complexity index is 882. The molecule has 7 nitrogen and oxygen atoms in total.